The van der Waals surface area contributed by atoms with Crippen molar-refractivity contribution in [1.82, 2.24) is 0 Å². The highest BCUT2D eigenvalue weighted by atomic mass is 32.2. The smallest absolute Gasteiger partial charge is 0.0914 e. The molecule has 1 aromatic carbocycles. The monoisotopic (exact) mass is 291 g/mol. The molecule has 0 saturated carbocycles. The SMILES string of the molecule is NC1c2ccccc2CCCC1S(=O)c1cccs1. The van der Waals surface area contributed by atoms with Gasteiger partial charge >= 0.3 is 0 Å². The molecule has 1 aromatic heterocycles. The first-order chi connectivity index (χ1) is 9.27. The summed E-state index contributed by atoms with van der Waals surface area (Å²) in [7, 11) is -0.994. The number of hydrogen-bond acceptors (Lipinski definition) is 3. The number of nitrogens with two attached hydrogens (primary N) is 1. The van der Waals surface area contributed by atoms with Crippen LogP contribution in [0.15, 0.2) is 46.0 Å². The van der Waals surface area contributed by atoms with E-state index in [1.54, 1.807) is 11.3 Å². The third-order valence-corrected chi connectivity index (χ3v) is 6.77. The van der Waals surface area contributed by atoms with Crippen LogP contribution >= 0.6 is 11.3 Å². The first-order valence-corrected chi connectivity index (χ1v) is 8.64. The maximum absolute atomic E-state index is 12.7. The van der Waals surface area contributed by atoms with Gasteiger partial charge in [-0.1, -0.05) is 30.3 Å². The number of benzene rings is 1. The Labute approximate surface area is 120 Å². The lowest BCUT2D eigenvalue weighted by atomic mass is 10.00. The minimum atomic E-state index is -0.994. The van der Waals surface area contributed by atoms with Gasteiger partial charge in [-0.05, 0) is 41.8 Å². The van der Waals surface area contributed by atoms with Gasteiger partial charge in [-0.15, -0.1) is 11.3 Å². The van der Waals surface area contributed by atoms with E-state index in [9.17, 15) is 4.21 Å². The molecule has 0 saturated heterocycles. The molecule has 0 radical (unpaired) electrons. The van der Waals surface area contributed by atoms with Crippen molar-refractivity contribution in [1.29, 1.82) is 0 Å². The zero-order valence-corrected chi connectivity index (χ0v) is 12.3. The molecule has 2 aromatic rings. The summed E-state index contributed by atoms with van der Waals surface area (Å²) in [5, 5.41) is 2.01. The van der Waals surface area contributed by atoms with E-state index in [-0.39, 0.29) is 11.3 Å². The standard InChI is InChI=1S/C15H17NOS2/c16-15-12-7-2-1-5-11(12)6-3-8-13(15)19(17)14-9-4-10-18-14/h1-2,4-5,7,9-10,13,15H,3,6,8,16H2. The molecule has 0 spiro atoms. The van der Waals surface area contributed by atoms with Crippen molar-refractivity contribution in [3.63, 3.8) is 0 Å². The zero-order valence-electron chi connectivity index (χ0n) is 10.6. The second-order valence-corrected chi connectivity index (χ2v) is 7.73. The van der Waals surface area contributed by atoms with Crippen LogP contribution in [0.3, 0.4) is 0 Å². The average Bonchev–Trinajstić information content (AvgIpc) is 2.91. The fourth-order valence-corrected chi connectivity index (χ4v) is 5.40. The first kappa shape index (κ1) is 13.0. The highest BCUT2D eigenvalue weighted by Crippen LogP contribution is 2.33. The van der Waals surface area contributed by atoms with Gasteiger partial charge in [0.1, 0.15) is 0 Å². The van der Waals surface area contributed by atoms with Gasteiger partial charge in [0.2, 0.25) is 0 Å². The third kappa shape index (κ3) is 2.53. The summed E-state index contributed by atoms with van der Waals surface area (Å²) >= 11 is 1.56. The van der Waals surface area contributed by atoms with Crippen LogP contribution in [0.5, 0.6) is 0 Å². The summed E-state index contributed by atoms with van der Waals surface area (Å²) in [5.74, 6) is 0. The van der Waals surface area contributed by atoms with Gasteiger partial charge in [0.25, 0.3) is 0 Å². The maximum Gasteiger partial charge on any atom is 0.0914 e. The van der Waals surface area contributed by atoms with Crippen LogP contribution < -0.4 is 5.73 Å². The van der Waals surface area contributed by atoms with Crippen molar-refractivity contribution in [2.24, 2.45) is 5.73 Å². The summed E-state index contributed by atoms with van der Waals surface area (Å²) in [5.41, 5.74) is 8.91. The third-order valence-electron chi connectivity index (χ3n) is 3.72. The molecule has 0 bridgehead atoms. The predicted molar refractivity (Wildman–Crippen MR) is 80.8 cm³/mol. The summed E-state index contributed by atoms with van der Waals surface area (Å²) < 4.78 is 13.6. The van der Waals surface area contributed by atoms with E-state index in [1.165, 1.54) is 11.1 Å². The van der Waals surface area contributed by atoms with E-state index in [0.29, 0.717) is 0 Å². The van der Waals surface area contributed by atoms with Crippen LogP contribution in [0, 0.1) is 0 Å². The highest BCUT2D eigenvalue weighted by Gasteiger charge is 2.30. The Morgan fingerprint density at radius 2 is 2.05 bits per heavy atom. The molecule has 2 N–H and O–H groups in total. The van der Waals surface area contributed by atoms with E-state index in [0.717, 1.165) is 23.5 Å². The van der Waals surface area contributed by atoms with Crippen molar-refractivity contribution < 1.29 is 4.21 Å². The molecule has 1 aliphatic rings. The predicted octanol–water partition coefficient (Wildman–Crippen LogP) is 3.26. The molecule has 0 aliphatic heterocycles. The van der Waals surface area contributed by atoms with Crippen LogP contribution in [0.25, 0.3) is 0 Å². The molecule has 1 heterocycles. The van der Waals surface area contributed by atoms with E-state index in [2.05, 4.69) is 18.2 Å². The van der Waals surface area contributed by atoms with E-state index in [4.69, 9.17) is 5.73 Å². The molecule has 3 atom stereocenters. The minimum Gasteiger partial charge on any atom is -0.323 e. The average molecular weight is 291 g/mol. The van der Waals surface area contributed by atoms with Gasteiger partial charge in [0, 0.05) is 6.04 Å². The summed E-state index contributed by atoms with van der Waals surface area (Å²) in [6, 6.07) is 12.1. The molecular formula is C15H17NOS2. The topological polar surface area (TPSA) is 43.1 Å². The van der Waals surface area contributed by atoms with Gasteiger partial charge in [-0.25, -0.2) is 0 Å². The summed E-state index contributed by atoms with van der Waals surface area (Å²) in [6.07, 6.45) is 3.04. The summed E-state index contributed by atoms with van der Waals surface area (Å²) in [6.45, 7) is 0. The van der Waals surface area contributed by atoms with E-state index in [1.807, 2.05) is 23.6 Å². The number of fused-ring (bicyclic) bond motifs is 1. The molecule has 4 heteroatoms. The summed E-state index contributed by atoms with van der Waals surface area (Å²) in [4.78, 5) is 0. The van der Waals surface area contributed by atoms with Gasteiger partial charge in [-0.2, -0.15) is 0 Å². The minimum absolute atomic E-state index is 0.0299. The Morgan fingerprint density at radius 3 is 2.84 bits per heavy atom. The molecule has 0 amide bonds. The molecule has 2 nitrogen and oxygen atoms in total. The van der Waals surface area contributed by atoms with Crippen molar-refractivity contribution in [2.45, 2.75) is 34.8 Å². The maximum atomic E-state index is 12.7. The molecule has 19 heavy (non-hydrogen) atoms. The Balaban J connectivity index is 1.94. The lowest BCUT2D eigenvalue weighted by Crippen LogP contribution is -2.29. The Kier molecular flexibility index (Phi) is 3.82. The largest absolute Gasteiger partial charge is 0.323 e. The number of rotatable bonds is 2. The number of aryl methyl sites for hydroxylation is 1. The lowest BCUT2D eigenvalue weighted by molar-refractivity contribution is 0.598. The van der Waals surface area contributed by atoms with Crippen molar-refractivity contribution in [3.8, 4) is 0 Å². The Bertz CT molecular complexity index is 580. The zero-order chi connectivity index (χ0) is 13.2. The molecule has 0 fully saturated rings. The fourth-order valence-electron chi connectivity index (χ4n) is 2.73. The Morgan fingerprint density at radius 1 is 1.21 bits per heavy atom. The number of thiophene rings is 1. The van der Waals surface area contributed by atoms with Crippen molar-refractivity contribution in [3.05, 3.63) is 52.9 Å². The van der Waals surface area contributed by atoms with Crippen LogP contribution in [0.2, 0.25) is 0 Å². The van der Waals surface area contributed by atoms with Gasteiger partial charge in [0.15, 0.2) is 0 Å². The lowest BCUT2D eigenvalue weighted by Gasteiger charge is -2.21. The quantitative estimate of drug-likeness (QED) is 0.863. The second kappa shape index (κ2) is 5.57. The van der Waals surface area contributed by atoms with E-state index < -0.39 is 10.8 Å². The molecule has 1 aliphatic carbocycles. The molecule has 3 rings (SSSR count). The molecule has 100 valence electrons. The molecular weight excluding hydrogens is 274 g/mol. The van der Waals surface area contributed by atoms with Gasteiger partial charge in [-0.3, -0.25) is 4.21 Å². The Hall–Kier alpha value is -0.970. The van der Waals surface area contributed by atoms with Crippen molar-refractivity contribution >= 4 is 22.1 Å². The fraction of sp³-hybridized carbons (Fsp3) is 0.333. The second-order valence-electron chi connectivity index (χ2n) is 4.88. The molecule has 3 unspecified atom stereocenters. The van der Waals surface area contributed by atoms with Gasteiger partial charge < -0.3 is 5.73 Å². The van der Waals surface area contributed by atoms with E-state index >= 15 is 0 Å². The van der Waals surface area contributed by atoms with Crippen LogP contribution in [-0.2, 0) is 17.2 Å². The van der Waals surface area contributed by atoms with Crippen LogP contribution in [-0.4, -0.2) is 9.46 Å². The van der Waals surface area contributed by atoms with Crippen LogP contribution in [0.1, 0.15) is 30.0 Å². The normalized spacial score (nSPS) is 24.5. The highest BCUT2D eigenvalue weighted by molar-refractivity contribution is 7.88. The number of hydrogen-bond donors (Lipinski definition) is 1. The van der Waals surface area contributed by atoms with Crippen LogP contribution in [0.4, 0.5) is 0 Å². The van der Waals surface area contributed by atoms with Crippen molar-refractivity contribution in [2.75, 3.05) is 0 Å². The van der Waals surface area contributed by atoms with Gasteiger partial charge in [0.05, 0.1) is 20.3 Å². The first-order valence-electron chi connectivity index (χ1n) is 6.55.